The van der Waals surface area contributed by atoms with Crippen LogP contribution in [0.15, 0.2) is 9.32 Å². The third kappa shape index (κ3) is 1.69. The predicted octanol–water partition coefficient (Wildman–Crippen LogP) is 1.12. The summed E-state index contributed by atoms with van der Waals surface area (Å²) < 4.78 is 4.84. The van der Waals surface area contributed by atoms with Crippen LogP contribution in [0.1, 0.15) is 32.6 Å². The highest BCUT2D eigenvalue weighted by atomic mass is 16.5. The first kappa shape index (κ1) is 8.04. The fourth-order valence-corrected chi connectivity index (χ4v) is 0.722. The number of nitrogens with one attached hydrogen (secondary N) is 1. The van der Waals surface area contributed by atoms with Gasteiger partial charge in [0.15, 0.2) is 0 Å². The molecule has 62 valence electrons. The Morgan fingerprint density at radius 3 is 2.45 bits per heavy atom. The third-order valence-electron chi connectivity index (χ3n) is 1.84. The van der Waals surface area contributed by atoms with E-state index in [0.29, 0.717) is 11.8 Å². The molecular weight excluding hydrogens is 144 g/mol. The average Bonchev–Trinajstić information content (AvgIpc) is 2.34. The van der Waals surface area contributed by atoms with Crippen molar-refractivity contribution in [3.8, 4) is 0 Å². The number of nitrogens with zero attached hydrogens (tertiary/aromatic N) is 1. The summed E-state index contributed by atoms with van der Waals surface area (Å²) in [6.45, 7) is 6.09. The van der Waals surface area contributed by atoms with Crippen molar-refractivity contribution in [1.29, 1.82) is 0 Å². The fourth-order valence-electron chi connectivity index (χ4n) is 0.722. The van der Waals surface area contributed by atoms with E-state index >= 15 is 0 Å². The second-order valence-corrected chi connectivity index (χ2v) is 2.99. The molecule has 0 amide bonds. The van der Waals surface area contributed by atoms with E-state index in [9.17, 15) is 4.79 Å². The Kier molecular flexibility index (Phi) is 2.12. The van der Waals surface area contributed by atoms with Crippen LogP contribution in [0, 0.1) is 5.92 Å². The van der Waals surface area contributed by atoms with Crippen molar-refractivity contribution in [3.05, 3.63) is 16.4 Å². The summed E-state index contributed by atoms with van der Waals surface area (Å²) >= 11 is 0. The zero-order chi connectivity index (χ0) is 8.43. The van der Waals surface area contributed by atoms with Gasteiger partial charge in [-0.1, -0.05) is 20.8 Å². The van der Waals surface area contributed by atoms with Crippen molar-refractivity contribution in [2.75, 3.05) is 0 Å². The molecule has 4 heteroatoms. The van der Waals surface area contributed by atoms with Gasteiger partial charge in [0.1, 0.15) is 0 Å². The van der Waals surface area contributed by atoms with Gasteiger partial charge in [-0.2, -0.15) is 10.1 Å². The van der Waals surface area contributed by atoms with Gasteiger partial charge in [0.25, 0.3) is 0 Å². The summed E-state index contributed by atoms with van der Waals surface area (Å²) in [5, 5.41) is 2.16. The highest BCUT2D eigenvalue weighted by molar-refractivity contribution is 4.87. The second-order valence-electron chi connectivity index (χ2n) is 2.99. The lowest BCUT2D eigenvalue weighted by atomic mass is 9.98. The zero-order valence-electron chi connectivity index (χ0n) is 6.92. The van der Waals surface area contributed by atoms with Crippen LogP contribution in [0.3, 0.4) is 0 Å². The SMILES string of the molecule is CC(C)C(C)c1nc(=O)[nH]o1. The molecule has 1 N–H and O–H groups in total. The molecule has 0 fully saturated rings. The molecule has 0 radical (unpaired) electrons. The van der Waals surface area contributed by atoms with Crippen LogP contribution in [-0.2, 0) is 0 Å². The molecule has 1 rings (SSSR count). The normalized spacial score (nSPS) is 13.8. The standard InChI is InChI=1S/C7H12N2O2/c1-4(2)5(3)6-8-7(10)9-11-6/h4-5H,1-3H3,(H,9,10). The van der Waals surface area contributed by atoms with Crippen LogP contribution in [0.5, 0.6) is 0 Å². The Hall–Kier alpha value is -1.06. The lowest BCUT2D eigenvalue weighted by molar-refractivity contribution is 0.329. The minimum Gasteiger partial charge on any atom is -0.362 e. The van der Waals surface area contributed by atoms with Crippen molar-refractivity contribution in [2.45, 2.75) is 26.7 Å². The lowest BCUT2D eigenvalue weighted by Gasteiger charge is -2.08. The van der Waals surface area contributed by atoms with Gasteiger partial charge in [-0.15, -0.1) is 0 Å². The summed E-state index contributed by atoms with van der Waals surface area (Å²) in [7, 11) is 0. The van der Waals surface area contributed by atoms with Gasteiger partial charge in [-0.05, 0) is 5.92 Å². The van der Waals surface area contributed by atoms with E-state index in [1.165, 1.54) is 0 Å². The summed E-state index contributed by atoms with van der Waals surface area (Å²) in [5.74, 6) is 1.11. The molecule has 1 aromatic rings. The van der Waals surface area contributed by atoms with Crippen molar-refractivity contribution in [3.63, 3.8) is 0 Å². The minimum absolute atomic E-state index is 0.189. The fraction of sp³-hybridized carbons (Fsp3) is 0.714. The molecular formula is C7H12N2O2. The number of H-pyrrole nitrogens is 1. The second kappa shape index (κ2) is 2.90. The highest BCUT2D eigenvalue weighted by Gasteiger charge is 2.15. The van der Waals surface area contributed by atoms with E-state index in [1.54, 1.807) is 0 Å². The molecule has 0 aromatic carbocycles. The first-order valence-corrected chi connectivity index (χ1v) is 3.66. The van der Waals surface area contributed by atoms with E-state index in [0.717, 1.165) is 0 Å². The maximum absolute atomic E-state index is 10.6. The average molecular weight is 156 g/mol. The Labute approximate surface area is 64.6 Å². The van der Waals surface area contributed by atoms with Gasteiger partial charge in [0, 0.05) is 5.92 Å². The van der Waals surface area contributed by atoms with E-state index < -0.39 is 5.69 Å². The predicted molar refractivity (Wildman–Crippen MR) is 40.4 cm³/mol. The Balaban J connectivity index is 2.84. The summed E-state index contributed by atoms with van der Waals surface area (Å²) in [5.41, 5.74) is -0.410. The molecule has 0 aliphatic rings. The summed E-state index contributed by atoms with van der Waals surface area (Å²) in [4.78, 5) is 14.2. The monoisotopic (exact) mass is 156 g/mol. The first-order valence-electron chi connectivity index (χ1n) is 3.66. The van der Waals surface area contributed by atoms with E-state index in [1.807, 2.05) is 6.92 Å². The Morgan fingerprint density at radius 2 is 2.09 bits per heavy atom. The van der Waals surface area contributed by atoms with Crippen molar-refractivity contribution >= 4 is 0 Å². The third-order valence-corrected chi connectivity index (χ3v) is 1.84. The minimum atomic E-state index is -0.410. The van der Waals surface area contributed by atoms with Crippen molar-refractivity contribution < 1.29 is 4.52 Å². The number of rotatable bonds is 2. The molecule has 1 unspecified atom stereocenters. The molecule has 0 saturated heterocycles. The van der Waals surface area contributed by atoms with Crippen LogP contribution in [0.4, 0.5) is 0 Å². The van der Waals surface area contributed by atoms with Gasteiger partial charge in [-0.25, -0.2) is 4.79 Å². The molecule has 1 atom stereocenters. The van der Waals surface area contributed by atoms with Crippen LogP contribution in [-0.4, -0.2) is 10.1 Å². The molecule has 0 spiro atoms. The lowest BCUT2D eigenvalue weighted by Crippen LogP contribution is -2.06. The number of hydrogen-bond donors (Lipinski definition) is 1. The van der Waals surface area contributed by atoms with Crippen molar-refractivity contribution in [2.24, 2.45) is 5.92 Å². The van der Waals surface area contributed by atoms with E-state index in [4.69, 9.17) is 4.52 Å². The quantitative estimate of drug-likeness (QED) is 0.698. The molecule has 1 aromatic heterocycles. The van der Waals surface area contributed by atoms with Crippen LogP contribution in [0.2, 0.25) is 0 Å². The van der Waals surface area contributed by atoms with Gasteiger partial charge in [-0.3, -0.25) is 0 Å². The van der Waals surface area contributed by atoms with Crippen LogP contribution in [0.25, 0.3) is 0 Å². The van der Waals surface area contributed by atoms with Crippen LogP contribution < -0.4 is 5.69 Å². The largest absolute Gasteiger partial charge is 0.377 e. The van der Waals surface area contributed by atoms with Crippen LogP contribution >= 0.6 is 0 Å². The van der Waals surface area contributed by atoms with Gasteiger partial charge < -0.3 is 4.52 Å². The van der Waals surface area contributed by atoms with Gasteiger partial charge in [0.2, 0.25) is 5.89 Å². The number of aromatic amines is 1. The smallest absolute Gasteiger partial charge is 0.362 e. The van der Waals surface area contributed by atoms with E-state index in [2.05, 4.69) is 24.0 Å². The van der Waals surface area contributed by atoms with E-state index in [-0.39, 0.29) is 5.92 Å². The summed E-state index contributed by atoms with van der Waals surface area (Å²) in [6, 6.07) is 0. The Bertz CT molecular complexity index is 274. The molecule has 0 aliphatic heterocycles. The molecule has 4 nitrogen and oxygen atoms in total. The Morgan fingerprint density at radius 1 is 1.45 bits per heavy atom. The van der Waals surface area contributed by atoms with Crippen molar-refractivity contribution in [1.82, 2.24) is 10.1 Å². The molecule has 0 saturated carbocycles. The molecule has 1 heterocycles. The topological polar surface area (TPSA) is 58.9 Å². The van der Waals surface area contributed by atoms with Gasteiger partial charge in [0.05, 0.1) is 0 Å². The summed E-state index contributed by atoms with van der Waals surface area (Å²) in [6.07, 6.45) is 0. The highest BCUT2D eigenvalue weighted by Crippen LogP contribution is 2.19. The first-order chi connectivity index (χ1) is 5.11. The number of hydrogen-bond acceptors (Lipinski definition) is 3. The molecule has 0 aliphatic carbocycles. The zero-order valence-corrected chi connectivity index (χ0v) is 6.92. The van der Waals surface area contributed by atoms with Gasteiger partial charge >= 0.3 is 5.69 Å². The maximum atomic E-state index is 10.6. The molecule has 11 heavy (non-hydrogen) atoms. The maximum Gasteiger partial charge on any atom is 0.377 e. The number of aromatic nitrogens is 2. The molecule has 0 bridgehead atoms.